The third kappa shape index (κ3) is 2.24. The molecule has 0 aliphatic carbocycles. The molecule has 0 spiro atoms. The highest BCUT2D eigenvalue weighted by Crippen LogP contribution is 2.28. The molecule has 1 aromatic carbocycles. The van der Waals surface area contributed by atoms with Gasteiger partial charge in [-0.1, -0.05) is 30.3 Å². The molecule has 2 aliphatic rings. The van der Waals surface area contributed by atoms with Crippen molar-refractivity contribution in [3.63, 3.8) is 0 Å². The summed E-state index contributed by atoms with van der Waals surface area (Å²) < 4.78 is 1.85. The highest BCUT2D eigenvalue weighted by molar-refractivity contribution is 5.65. The summed E-state index contributed by atoms with van der Waals surface area (Å²) in [5.41, 5.74) is 8.70. The molecule has 2 aliphatic heterocycles. The second-order valence-corrected chi connectivity index (χ2v) is 6.46. The molecule has 7 nitrogen and oxygen atoms in total. The molecule has 0 amide bonds. The highest BCUT2D eigenvalue weighted by atomic mass is 15.4. The Hall–Kier alpha value is -2.51. The van der Waals surface area contributed by atoms with Crippen LogP contribution in [0, 0.1) is 5.92 Å². The van der Waals surface area contributed by atoms with Gasteiger partial charge in [0.1, 0.15) is 12.1 Å². The van der Waals surface area contributed by atoms with Crippen LogP contribution in [0.4, 0.5) is 5.82 Å². The maximum atomic E-state index is 4.67. The van der Waals surface area contributed by atoms with Gasteiger partial charge in [-0.3, -0.25) is 10.9 Å². The van der Waals surface area contributed by atoms with Gasteiger partial charge < -0.3 is 4.90 Å². The summed E-state index contributed by atoms with van der Waals surface area (Å²) >= 11 is 0. The van der Waals surface area contributed by atoms with Crippen molar-refractivity contribution in [3.8, 4) is 11.3 Å². The largest absolute Gasteiger partial charge is 0.356 e. The van der Waals surface area contributed by atoms with E-state index in [9.17, 15) is 0 Å². The van der Waals surface area contributed by atoms with E-state index in [4.69, 9.17) is 0 Å². The number of rotatable bonds is 2. The minimum atomic E-state index is 0.572. The van der Waals surface area contributed by atoms with E-state index in [1.165, 1.54) is 0 Å². The van der Waals surface area contributed by atoms with Crippen molar-refractivity contribution in [1.29, 1.82) is 0 Å². The van der Waals surface area contributed by atoms with Crippen LogP contribution in [-0.4, -0.2) is 45.3 Å². The molecule has 24 heavy (non-hydrogen) atoms. The lowest BCUT2D eigenvalue weighted by Crippen LogP contribution is -2.46. The Morgan fingerprint density at radius 2 is 2.08 bits per heavy atom. The second kappa shape index (κ2) is 5.54. The molecule has 2 saturated heterocycles. The quantitative estimate of drug-likeness (QED) is 0.736. The predicted molar refractivity (Wildman–Crippen MR) is 91.5 cm³/mol. The first-order valence-corrected chi connectivity index (χ1v) is 8.38. The van der Waals surface area contributed by atoms with E-state index in [0.717, 1.165) is 43.1 Å². The van der Waals surface area contributed by atoms with Crippen molar-refractivity contribution in [3.05, 3.63) is 42.7 Å². The van der Waals surface area contributed by atoms with Crippen molar-refractivity contribution in [2.75, 3.05) is 24.5 Å². The van der Waals surface area contributed by atoms with Crippen LogP contribution in [-0.2, 0) is 0 Å². The molecular formula is C17H19N7. The van der Waals surface area contributed by atoms with E-state index < -0.39 is 0 Å². The van der Waals surface area contributed by atoms with Crippen LogP contribution in [0.2, 0.25) is 0 Å². The van der Waals surface area contributed by atoms with Crippen LogP contribution in [0.15, 0.2) is 42.7 Å². The first-order valence-electron chi connectivity index (χ1n) is 8.38. The maximum Gasteiger partial charge on any atom is 0.254 e. The Balaban J connectivity index is 1.58. The molecule has 0 saturated carbocycles. The number of nitrogens with zero attached hydrogens (tertiary/aromatic N) is 5. The molecule has 2 unspecified atom stereocenters. The zero-order valence-electron chi connectivity index (χ0n) is 13.3. The second-order valence-electron chi connectivity index (χ2n) is 6.46. The van der Waals surface area contributed by atoms with E-state index in [2.05, 4.69) is 49.0 Å². The maximum absolute atomic E-state index is 4.67. The van der Waals surface area contributed by atoms with Crippen LogP contribution >= 0.6 is 0 Å². The molecule has 2 N–H and O–H groups in total. The van der Waals surface area contributed by atoms with Gasteiger partial charge in [-0.05, 0) is 6.42 Å². The Morgan fingerprint density at radius 3 is 3.00 bits per heavy atom. The average Bonchev–Trinajstić information content (AvgIpc) is 3.29. The van der Waals surface area contributed by atoms with E-state index in [0.29, 0.717) is 17.7 Å². The monoisotopic (exact) mass is 321 g/mol. The highest BCUT2D eigenvalue weighted by Gasteiger charge is 2.33. The topological polar surface area (TPSA) is 70.4 Å². The summed E-state index contributed by atoms with van der Waals surface area (Å²) in [6, 6.07) is 12.9. The number of piperidine rings is 1. The number of nitrogens with one attached hydrogen (secondary N) is 2. The lowest BCUT2D eigenvalue weighted by atomic mass is 9.94. The molecular weight excluding hydrogens is 302 g/mol. The summed E-state index contributed by atoms with van der Waals surface area (Å²) in [7, 11) is 0. The van der Waals surface area contributed by atoms with Gasteiger partial charge in [0, 0.05) is 43.2 Å². The van der Waals surface area contributed by atoms with Crippen molar-refractivity contribution < 1.29 is 0 Å². The van der Waals surface area contributed by atoms with Gasteiger partial charge in [-0.15, -0.1) is 0 Å². The van der Waals surface area contributed by atoms with Gasteiger partial charge in [-0.2, -0.15) is 14.6 Å². The molecule has 5 rings (SSSR count). The standard InChI is InChI=1S/C17H19N7/c1-2-4-12(5-3-1)15-8-16(24-17(21-15)18-11-20-24)23-7-6-14-13(10-23)9-19-22-14/h1-5,8,11,13-14,19,22H,6-7,9-10H2. The fourth-order valence-electron chi connectivity index (χ4n) is 3.74. The van der Waals surface area contributed by atoms with Crippen LogP contribution in [0.1, 0.15) is 6.42 Å². The summed E-state index contributed by atoms with van der Waals surface area (Å²) in [4.78, 5) is 11.4. The van der Waals surface area contributed by atoms with Crippen LogP contribution < -0.4 is 15.8 Å². The van der Waals surface area contributed by atoms with E-state index in [1.54, 1.807) is 6.33 Å². The van der Waals surface area contributed by atoms with Crippen molar-refractivity contribution >= 4 is 11.6 Å². The minimum Gasteiger partial charge on any atom is -0.356 e. The van der Waals surface area contributed by atoms with Gasteiger partial charge in [0.15, 0.2) is 0 Å². The molecule has 122 valence electrons. The fraction of sp³-hybridized carbons (Fsp3) is 0.353. The Morgan fingerprint density at radius 1 is 1.17 bits per heavy atom. The number of benzene rings is 1. The molecule has 2 atom stereocenters. The Kier molecular flexibility index (Phi) is 3.20. The van der Waals surface area contributed by atoms with E-state index >= 15 is 0 Å². The van der Waals surface area contributed by atoms with Crippen molar-refractivity contribution in [2.24, 2.45) is 5.92 Å². The number of aromatic nitrogens is 4. The van der Waals surface area contributed by atoms with E-state index in [-0.39, 0.29) is 0 Å². The molecule has 4 heterocycles. The van der Waals surface area contributed by atoms with Crippen LogP contribution in [0.5, 0.6) is 0 Å². The third-order valence-electron chi connectivity index (χ3n) is 5.01. The fourth-order valence-corrected chi connectivity index (χ4v) is 3.74. The predicted octanol–water partition coefficient (Wildman–Crippen LogP) is 1.09. The molecule has 2 fully saturated rings. The zero-order valence-corrected chi connectivity index (χ0v) is 13.3. The van der Waals surface area contributed by atoms with Gasteiger partial charge in [0.25, 0.3) is 5.78 Å². The van der Waals surface area contributed by atoms with Gasteiger partial charge in [0.2, 0.25) is 0 Å². The first kappa shape index (κ1) is 13.9. The first-order chi connectivity index (χ1) is 11.9. The third-order valence-corrected chi connectivity index (χ3v) is 5.01. The minimum absolute atomic E-state index is 0.572. The smallest absolute Gasteiger partial charge is 0.254 e. The van der Waals surface area contributed by atoms with Crippen LogP contribution in [0.25, 0.3) is 17.0 Å². The number of hydrogen-bond donors (Lipinski definition) is 2. The van der Waals surface area contributed by atoms with Crippen molar-refractivity contribution in [1.82, 2.24) is 30.4 Å². The van der Waals surface area contributed by atoms with Crippen LogP contribution in [0.3, 0.4) is 0 Å². The van der Waals surface area contributed by atoms with Gasteiger partial charge >= 0.3 is 0 Å². The van der Waals surface area contributed by atoms with Gasteiger partial charge in [0.05, 0.1) is 5.69 Å². The van der Waals surface area contributed by atoms with Gasteiger partial charge in [-0.25, -0.2) is 4.98 Å². The van der Waals surface area contributed by atoms with Crippen molar-refractivity contribution in [2.45, 2.75) is 12.5 Å². The Labute approximate surface area is 139 Å². The number of anilines is 1. The lowest BCUT2D eigenvalue weighted by molar-refractivity contribution is 0.381. The normalized spacial score (nSPS) is 23.6. The molecule has 7 heteroatoms. The summed E-state index contributed by atoms with van der Waals surface area (Å²) in [5.74, 6) is 2.34. The summed E-state index contributed by atoms with van der Waals surface area (Å²) in [5, 5.41) is 4.38. The summed E-state index contributed by atoms with van der Waals surface area (Å²) in [6.45, 7) is 3.03. The zero-order chi connectivity index (χ0) is 15.9. The average molecular weight is 321 g/mol. The molecule has 0 bridgehead atoms. The molecule has 3 aromatic rings. The number of hydrogen-bond acceptors (Lipinski definition) is 6. The Bertz CT molecular complexity index is 860. The number of fused-ring (bicyclic) bond motifs is 2. The van der Waals surface area contributed by atoms with E-state index in [1.807, 2.05) is 22.7 Å². The summed E-state index contributed by atoms with van der Waals surface area (Å²) in [6.07, 6.45) is 2.70. The number of hydrazine groups is 1. The molecule has 0 radical (unpaired) electrons. The molecule has 2 aromatic heterocycles. The lowest BCUT2D eigenvalue weighted by Gasteiger charge is -2.35. The SMILES string of the molecule is c1ccc(-c2cc(N3CCC4NNCC4C3)n3ncnc3n2)cc1.